The number of imide groups is 1. The molecule has 3 aromatic carbocycles. The molecule has 0 aliphatic carbocycles. The maximum absolute atomic E-state index is 13.4. The molecular weight excluding hydrogens is 412 g/mol. The van der Waals surface area contributed by atoms with Crippen LogP contribution in [0, 0.1) is 6.92 Å². The van der Waals surface area contributed by atoms with E-state index in [-0.39, 0.29) is 24.1 Å². The number of nitrogens with one attached hydrogen (secondary N) is 1. The first kappa shape index (κ1) is 20.7. The molecular formula is C25H21ClN2O3. The van der Waals surface area contributed by atoms with Gasteiger partial charge in [0.2, 0.25) is 0 Å². The quantitative estimate of drug-likeness (QED) is 0.554. The van der Waals surface area contributed by atoms with Crippen molar-refractivity contribution in [2.24, 2.45) is 0 Å². The lowest BCUT2D eigenvalue weighted by molar-refractivity contribution is -0.137. The Bertz CT molecular complexity index is 1190. The second-order valence-corrected chi connectivity index (χ2v) is 7.70. The van der Waals surface area contributed by atoms with E-state index < -0.39 is 0 Å². The number of hydrogen-bond acceptors (Lipinski definition) is 4. The van der Waals surface area contributed by atoms with Crippen molar-refractivity contribution in [1.82, 2.24) is 4.90 Å². The van der Waals surface area contributed by atoms with Gasteiger partial charge in [-0.1, -0.05) is 54.1 Å². The molecule has 0 aromatic heterocycles. The molecule has 1 aliphatic heterocycles. The van der Waals surface area contributed by atoms with Gasteiger partial charge < -0.3 is 10.1 Å². The monoisotopic (exact) mass is 432 g/mol. The summed E-state index contributed by atoms with van der Waals surface area (Å²) in [6, 6.07) is 21.9. The third-order valence-corrected chi connectivity index (χ3v) is 5.36. The number of amides is 2. The zero-order valence-electron chi connectivity index (χ0n) is 17.2. The fourth-order valence-electron chi connectivity index (χ4n) is 3.59. The lowest BCUT2D eigenvalue weighted by Gasteiger charge is -2.17. The Kier molecular flexibility index (Phi) is 5.78. The van der Waals surface area contributed by atoms with Gasteiger partial charge in [0, 0.05) is 16.3 Å². The molecule has 0 saturated carbocycles. The lowest BCUT2D eigenvalue weighted by Crippen LogP contribution is -2.32. The van der Waals surface area contributed by atoms with Gasteiger partial charge in [0.15, 0.2) is 0 Å². The summed E-state index contributed by atoms with van der Waals surface area (Å²) in [5.74, 6) is -0.132. The minimum Gasteiger partial charge on any atom is -0.496 e. The molecule has 0 spiro atoms. The molecule has 0 fully saturated rings. The van der Waals surface area contributed by atoms with Gasteiger partial charge >= 0.3 is 0 Å². The summed E-state index contributed by atoms with van der Waals surface area (Å²) in [5.41, 5.74) is 3.72. The van der Waals surface area contributed by atoms with Gasteiger partial charge in [-0.25, -0.2) is 0 Å². The molecule has 1 N–H and O–H groups in total. The van der Waals surface area contributed by atoms with Gasteiger partial charge in [-0.15, -0.1) is 0 Å². The van der Waals surface area contributed by atoms with Crippen LogP contribution in [-0.4, -0.2) is 23.8 Å². The average Bonchev–Trinajstić information content (AvgIpc) is 2.99. The predicted molar refractivity (Wildman–Crippen MR) is 122 cm³/mol. The molecule has 0 bridgehead atoms. The van der Waals surface area contributed by atoms with Crippen LogP contribution in [0.5, 0.6) is 5.75 Å². The van der Waals surface area contributed by atoms with E-state index in [0.717, 1.165) is 16.8 Å². The van der Waals surface area contributed by atoms with Crippen LogP contribution in [0.3, 0.4) is 0 Å². The number of carbonyl (C=O) groups is 2. The molecule has 0 saturated heterocycles. The molecule has 31 heavy (non-hydrogen) atoms. The highest BCUT2D eigenvalue weighted by Gasteiger charge is 2.39. The summed E-state index contributed by atoms with van der Waals surface area (Å²) in [4.78, 5) is 28.0. The fourth-order valence-corrected chi connectivity index (χ4v) is 3.72. The van der Waals surface area contributed by atoms with Crippen molar-refractivity contribution in [2.75, 3.05) is 12.4 Å². The first-order chi connectivity index (χ1) is 15.0. The number of anilines is 1. The molecule has 5 nitrogen and oxygen atoms in total. The predicted octanol–water partition coefficient (Wildman–Crippen LogP) is 5.05. The van der Waals surface area contributed by atoms with Crippen molar-refractivity contribution < 1.29 is 14.3 Å². The number of halogens is 1. The number of nitrogens with zero attached hydrogens (tertiary/aromatic N) is 1. The molecule has 0 unspecified atom stereocenters. The lowest BCUT2D eigenvalue weighted by atomic mass is 10.0. The molecule has 1 heterocycles. The van der Waals surface area contributed by atoms with E-state index in [1.54, 1.807) is 37.4 Å². The second-order valence-electron chi connectivity index (χ2n) is 7.26. The van der Waals surface area contributed by atoms with Crippen LogP contribution >= 0.6 is 11.6 Å². The van der Waals surface area contributed by atoms with E-state index in [2.05, 4.69) is 5.32 Å². The van der Waals surface area contributed by atoms with Crippen LogP contribution in [0.15, 0.2) is 78.5 Å². The largest absolute Gasteiger partial charge is 0.496 e. The Morgan fingerprint density at radius 1 is 0.935 bits per heavy atom. The zero-order valence-corrected chi connectivity index (χ0v) is 17.9. The van der Waals surface area contributed by atoms with Gasteiger partial charge in [0.25, 0.3) is 11.8 Å². The average molecular weight is 433 g/mol. The summed E-state index contributed by atoms with van der Waals surface area (Å²) in [6.07, 6.45) is 0. The summed E-state index contributed by atoms with van der Waals surface area (Å²) >= 11 is 6.03. The number of hydrogen-bond donors (Lipinski definition) is 1. The molecule has 4 rings (SSSR count). The van der Waals surface area contributed by atoms with Crippen molar-refractivity contribution in [3.8, 4) is 5.75 Å². The summed E-state index contributed by atoms with van der Waals surface area (Å²) in [5, 5.41) is 3.73. The fraction of sp³-hybridized carbons (Fsp3) is 0.120. The molecule has 2 amide bonds. The normalized spacial score (nSPS) is 13.7. The third-order valence-electron chi connectivity index (χ3n) is 5.11. The number of ether oxygens (including phenoxy) is 1. The maximum Gasteiger partial charge on any atom is 0.278 e. The Labute approximate surface area is 185 Å². The van der Waals surface area contributed by atoms with Crippen molar-refractivity contribution in [2.45, 2.75) is 13.5 Å². The standard InChI is InChI=1S/C25H21ClN2O3/c1-16-6-5-8-20(14-16)27-23-22(17-10-12-19(26)13-11-17)24(29)28(25(23)30)15-18-7-3-4-9-21(18)31-2/h3-14,27H,15H2,1-2H3. The molecule has 3 aromatic rings. The Hall–Kier alpha value is -3.57. The molecule has 6 heteroatoms. The molecule has 1 aliphatic rings. The van der Waals surface area contributed by atoms with Crippen LogP contribution < -0.4 is 10.1 Å². The molecule has 0 radical (unpaired) electrons. The highest BCUT2D eigenvalue weighted by atomic mass is 35.5. The van der Waals surface area contributed by atoms with Crippen molar-refractivity contribution >= 4 is 34.7 Å². The maximum atomic E-state index is 13.4. The van der Waals surface area contributed by atoms with E-state index in [0.29, 0.717) is 21.9 Å². The van der Waals surface area contributed by atoms with Crippen LogP contribution in [-0.2, 0) is 16.1 Å². The molecule has 0 atom stereocenters. The zero-order chi connectivity index (χ0) is 22.0. The van der Waals surface area contributed by atoms with Crippen LogP contribution in [0.2, 0.25) is 5.02 Å². The van der Waals surface area contributed by atoms with Gasteiger partial charge in [-0.05, 0) is 48.4 Å². The highest BCUT2D eigenvalue weighted by molar-refractivity contribution is 6.36. The first-order valence-corrected chi connectivity index (χ1v) is 10.2. The number of para-hydroxylation sites is 1. The number of aryl methyl sites for hydroxylation is 1. The third kappa shape index (κ3) is 4.18. The summed E-state index contributed by atoms with van der Waals surface area (Å²) in [7, 11) is 1.56. The Balaban J connectivity index is 1.75. The van der Waals surface area contributed by atoms with E-state index >= 15 is 0 Å². The van der Waals surface area contributed by atoms with E-state index in [1.807, 2.05) is 49.4 Å². The summed E-state index contributed by atoms with van der Waals surface area (Å²) < 4.78 is 5.39. The Morgan fingerprint density at radius 2 is 1.68 bits per heavy atom. The summed E-state index contributed by atoms with van der Waals surface area (Å²) in [6.45, 7) is 2.08. The van der Waals surface area contributed by atoms with Crippen LogP contribution in [0.1, 0.15) is 16.7 Å². The number of carbonyl (C=O) groups excluding carboxylic acids is 2. The van der Waals surface area contributed by atoms with E-state index in [9.17, 15) is 9.59 Å². The second kappa shape index (κ2) is 8.66. The van der Waals surface area contributed by atoms with Gasteiger partial charge in [-0.3, -0.25) is 14.5 Å². The highest BCUT2D eigenvalue weighted by Crippen LogP contribution is 2.33. The SMILES string of the molecule is COc1ccccc1CN1C(=O)C(Nc2cccc(C)c2)=C(c2ccc(Cl)cc2)C1=O. The smallest absolute Gasteiger partial charge is 0.278 e. The van der Waals surface area contributed by atoms with E-state index in [1.165, 1.54) is 4.90 Å². The minimum atomic E-state index is -0.387. The number of rotatable bonds is 6. The topological polar surface area (TPSA) is 58.6 Å². The van der Waals surface area contributed by atoms with Crippen molar-refractivity contribution in [3.05, 3.63) is 100 Å². The number of benzene rings is 3. The Morgan fingerprint density at radius 3 is 2.39 bits per heavy atom. The van der Waals surface area contributed by atoms with Gasteiger partial charge in [0.05, 0.1) is 19.2 Å². The molecule has 156 valence electrons. The van der Waals surface area contributed by atoms with Crippen molar-refractivity contribution in [3.63, 3.8) is 0 Å². The van der Waals surface area contributed by atoms with E-state index in [4.69, 9.17) is 16.3 Å². The van der Waals surface area contributed by atoms with Crippen molar-refractivity contribution in [1.29, 1.82) is 0 Å². The number of methoxy groups -OCH3 is 1. The van der Waals surface area contributed by atoms with Gasteiger partial charge in [0.1, 0.15) is 11.4 Å². The van der Waals surface area contributed by atoms with Crippen LogP contribution in [0.4, 0.5) is 5.69 Å². The first-order valence-electron chi connectivity index (χ1n) is 9.80. The van der Waals surface area contributed by atoms with Crippen LogP contribution in [0.25, 0.3) is 5.57 Å². The van der Waals surface area contributed by atoms with Gasteiger partial charge in [-0.2, -0.15) is 0 Å². The minimum absolute atomic E-state index is 0.109.